The van der Waals surface area contributed by atoms with Crippen molar-refractivity contribution in [3.8, 4) is 0 Å². The number of rotatable bonds is 1. The molecule has 4 nitrogen and oxygen atoms in total. The van der Waals surface area contributed by atoms with E-state index in [1.807, 2.05) is 0 Å². The van der Waals surface area contributed by atoms with Gasteiger partial charge in [-0.3, -0.25) is 4.79 Å². The lowest BCUT2D eigenvalue weighted by Crippen LogP contribution is -2.28. The molecule has 1 rings (SSSR count). The minimum absolute atomic E-state index is 0.147. The normalized spacial score (nSPS) is 32.3. The smallest absolute Gasteiger partial charge is 0.333 e. The van der Waals surface area contributed by atoms with E-state index in [1.165, 1.54) is 0 Å². The molecule has 1 heterocycles. The van der Waals surface area contributed by atoms with E-state index in [0.717, 1.165) is 12.2 Å². The number of esters is 1. The maximum absolute atomic E-state index is 10.2. The molecule has 1 unspecified atom stereocenters. The molecule has 9 heavy (non-hydrogen) atoms. The Bertz CT molecular complexity index is 183. The first-order valence-electron chi connectivity index (χ1n) is 2.27. The maximum atomic E-state index is 10.2. The van der Waals surface area contributed by atoms with Gasteiger partial charge in [0, 0.05) is 12.2 Å². The fourth-order valence-electron chi connectivity index (χ4n) is 0.480. The van der Waals surface area contributed by atoms with Gasteiger partial charge >= 0.3 is 5.97 Å². The summed E-state index contributed by atoms with van der Waals surface area (Å²) in [4.78, 5) is 20.1. The zero-order chi connectivity index (χ0) is 6.91. The first-order valence-corrected chi connectivity index (χ1v) is 2.27. The van der Waals surface area contributed by atoms with E-state index < -0.39 is 11.8 Å². The summed E-state index contributed by atoms with van der Waals surface area (Å²) in [5.74, 6) is -2.71. The van der Waals surface area contributed by atoms with Crippen LogP contribution in [0.1, 0.15) is 0 Å². The Hall–Kier alpha value is -1.16. The highest BCUT2D eigenvalue weighted by Gasteiger charge is 2.32. The number of ether oxygens (including phenoxy) is 1. The van der Waals surface area contributed by atoms with Crippen molar-refractivity contribution >= 4 is 12.3 Å². The van der Waals surface area contributed by atoms with Crippen LogP contribution in [0.4, 0.5) is 0 Å². The van der Waals surface area contributed by atoms with Gasteiger partial charge in [0.15, 0.2) is 6.29 Å². The fourth-order valence-corrected chi connectivity index (χ4v) is 0.480. The highest BCUT2D eigenvalue weighted by molar-refractivity contribution is 5.88. The molecular weight excluding hydrogens is 124 g/mol. The van der Waals surface area contributed by atoms with Crippen LogP contribution in [0.2, 0.25) is 0 Å². The third-order valence-corrected chi connectivity index (χ3v) is 0.891. The lowest BCUT2D eigenvalue weighted by atomic mass is 10.3. The Morgan fingerprint density at radius 3 is 2.67 bits per heavy atom. The number of carbonyl (C=O) groups excluding carboxylic acids is 2. The van der Waals surface area contributed by atoms with Crippen LogP contribution < -0.4 is 0 Å². The quantitative estimate of drug-likeness (QED) is 0.363. The predicted molar refractivity (Wildman–Crippen MR) is 26.2 cm³/mol. The number of hydrogen-bond acceptors (Lipinski definition) is 4. The van der Waals surface area contributed by atoms with Gasteiger partial charge in [0.1, 0.15) is 0 Å². The molecule has 1 aliphatic heterocycles. The van der Waals surface area contributed by atoms with E-state index >= 15 is 0 Å². The van der Waals surface area contributed by atoms with E-state index in [-0.39, 0.29) is 6.29 Å². The molecule has 0 radical (unpaired) electrons. The van der Waals surface area contributed by atoms with Crippen LogP contribution >= 0.6 is 0 Å². The van der Waals surface area contributed by atoms with Gasteiger partial charge < -0.3 is 9.84 Å². The molecule has 1 aliphatic rings. The second-order valence-corrected chi connectivity index (χ2v) is 1.62. The summed E-state index contributed by atoms with van der Waals surface area (Å²) >= 11 is 0. The molecule has 1 atom stereocenters. The van der Waals surface area contributed by atoms with E-state index in [9.17, 15) is 9.59 Å². The summed E-state index contributed by atoms with van der Waals surface area (Å²) in [5.41, 5.74) is 0. The fraction of sp³-hybridized carbons (Fsp3) is 0.200. The highest BCUT2D eigenvalue weighted by atomic mass is 16.7. The first kappa shape index (κ1) is 5.97. The zero-order valence-corrected chi connectivity index (χ0v) is 4.40. The van der Waals surface area contributed by atoms with E-state index in [4.69, 9.17) is 5.11 Å². The molecule has 0 spiro atoms. The van der Waals surface area contributed by atoms with Crippen molar-refractivity contribution in [2.24, 2.45) is 0 Å². The summed E-state index contributed by atoms with van der Waals surface area (Å²) in [6.07, 6.45) is 2.13. The molecule has 0 saturated carbocycles. The SMILES string of the molecule is O=CC1(O)C=CC(=O)O1. The van der Waals surface area contributed by atoms with Gasteiger partial charge in [0.25, 0.3) is 5.79 Å². The van der Waals surface area contributed by atoms with Crippen molar-refractivity contribution in [1.29, 1.82) is 0 Å². The minimum atomic E-state index is -2.00. The summed E-state index contributed by atoms with van der Waals surface area (Å²) in [6, 6.07) is 0. The summed E-state index contributed by atoms with van der Waals surface area (Å²) in [6.45, 7) is 0. The highest BCUT2D eigenvalue weighted by Crippen LogP contribution is 2.12. The zero-order valence-electron chi connectivity index (χ0n) is 4.40. The first-order chi connectivity index (χ1) is 4.16. The Kier molecular flexibility index (Phi) is 1.10. The molecule has 0 aliphatic carbocycles. The van der Waals surface area contributed by atoms with Crippen LogP contribution in [0, 0.1) is 0 Å². The van der Waals surface area contributed by atoms with Gasteiger partial charge in [-0.05, 0) is 0 Å². The van der Waals surface area contributed by atoms with Crippen molar-refractivity contribution in [1.82, 2.24) is 0 Å². The Morgan fingerprint density at radius 1 is 1.78 bits per heavy atom. The van der Waals surface area contributed by atoms with Crippen LogP contribution in [0.25, 0.3) is 0 Å². The molecule has 0 fully saturated rings. The van der Waals surface area contributed by atoms with E-state index in [2.05, 4.69) is 4.74 Å². The van der Waals surface area contributed by atoms with Crippen molar-refractivity contribution < 1.29 is 19.4 Å². The Morgan fingerprint density at radius 2 is 2.44 bits per heavy atom. The monoisotopic (exact) mass is 128 g/mol. The minimum Gasteiger partial charge on any atom is -0.419 e. The lowest BCUT2D eigenvalue weighted by molar-refractivity contribution is -0.178. The van der Waals surface area contributed by atoms with Crippen LogP contribution in [0.5, 0.6) is 0 Å². The molecule has 0 aromatic heterocycles. The summed E-state index contributed by atoms with van der Waals surface area (Å²) in [7, 11) is 0. The lowest BCUT2D eigenvalue weighted by Gasteiger charge is -2.09. The van der Waals surface area contributed by atoms with Gasteiger partial charge in [0.2, 0.25) is 0 Å². The average molecular weight is 128 g/mol. The van der Waals surface area contributed by atoms with Crippen LogP contribution in [-0.2, 0) is 14.3 Å². The molecule has 0 amide bonds. The topological polar surface area (TPSA) is 63.6 Å². The largest absolute Gasteiger partial charge is 0.419 e. The third-order valence-electron chi connectivity index (χ3n) is 0.891. The second-order valence-electron chi connectivity index (χ2n) is 1.62. The van der Waals surface area contributed by atoms with E-state index in [0.29, 0.717) is 0 Å². The predicted octanol–water partition coefficient (Wildman–Crippen LogP) is -1.01. The number of hydrogen-bond donors (Lipinski definition) is 1. The Balaban J connectivity index is 2.79. The van der Waals surface area contributed by atoms with Gasteiger partial charge in [-0.2, -0.15) is 0 Å². The molecule has 0 bridgehead atoms. The molecule has 48 valence electrons. The molecule has 0 saturated heterocycles. The Labute approximate surface area is 50.7 Å². The number of cyclic esters (lactones) is 1. The van der Waals surface area contributed by atoms with Crippen molar-refractivity contribution in [3.05, 3.63) is 12.2 Å². The van der Waals surface area contributed by atoms with Gasteiger partial charge in [-0.25, -0.2) is 4.79 Å². The molecule has 0 aromatic carbocycles. The maximum Gasteiger partial charge on any atom is 0.333 e. The van der Waals surface area contributed by atoms with Crippen LogP contribution in [0.15, 0.2) is 12.2 Å². The van der Waals surface area contributed by atoms with Crippen LogP contribution in [-0.4, -0.2) is 23.1 Å². The van der Waals surface area contributed by atoms with Crippen molar-refractivity contribution in [2.75, 3.05) is 0 Å². The van der Waals surface area contributed by atoms with Crippen LogP contribution in [0.3, 0.4) is 0 Å². The summed E-state index contributed by atoms with van der Waals surface area (Å²) in [5, 5.41) is 8.77. The summed E-state index contributed by atoms with van der Waals surface area (Å²) < 4.78 is 4.14. The number of aldehydes is 1. The van der Waals surface area contributed by atoms with E-state index in [1.54, 1.807) is 0 Å². The van der Waals surface area contributed by atoms with Gasteiger partial charge in [-0.15, -0.1) is 0 Å². The van der Waals surface area contributed by atoms with Gasteiger partial charge in [0.05, 0.1) is 0 Å². The molecule has 0 aromatic rings. The van der Waals surface area contributed by atoms with Gasteiger partial charge in [-0.1, -0.05) is 0 Å². The molecular formula is C5H4O4. The van der Waals surface area contributed by atoms with Crippen molar-refractivity contribution in [3.63, 3.8) is 0 Å². The standard InChI is InChI=1S/C5H4O4/c6-3-5(8)2-1-4(7)9-5/h1-3,8H. The number of carbonyl (C=O) groups is 2. The molecule has 4 heteroatoms. The second kappa shape index (κ2) is 1.66. The molecule has 1 N–H and O–H groups in total. The number of aliphatic hydroxyl groups is 1. The average Bonchev–Trinajstić information content (AvgIpc) is 2.13. The third kappa shape index (κ3) is 0.972. The van der Waals surface area contributed by atoms with Crippen molar-refractivity contribution in [2.45, 2.75) is 5.79 Å².